The summed E-state index contributed by atoms with van der Waals surface area (Å²) in [6.45, 7) is 3.32. The maximum Gasteiger partial charge on any atom is 0.416 e. The van der Waals surface area contributed by atoms with Crippen molar-refractivity contribution in [2.45, 2.75) is 56.0 Å². The zero-order chi connectivity index (χ0) is 25.2. The van der Waals surface area contributed by atoms with Gasteiger partial charge in [-0.15, -0.1) is 12.4 Å². The van der Waals surface area contributed by atoms with Gasteiger partial charge in [0.05, 0.1) is 23.3 Å². The van der Waals surface area contributed by atoms with Gasteiger partial charge in [0.2, 0.25) is 5.91 Å². The number of alkyl halides is 3. The number of hydrogen-bond donors (Lipinski definition) is 1. The van der Waals surface area contributed by atoms with Crippen LogP contribution in [0.2, 0.25) is 0 Å². The van der Waals surface area contributed by atoms with Crippen LogP contribution in [0.1, 0.15) is 48.8 Å². The first-order valence-electron chi connectivity index (χ1n) is 11.6. The molecule has 2 heterocycles. The van der Waals surface area contributed by atoms with E-state index >= 15 is 0 Å². The number of ether oxygens (including phenoxy) is 2. The van der Waals surface area contributed by atoms with Crippen molar-refractivity contribution in [3.8, 4) is 11.8 Å². The maximum absolute atomic E-state index is 13.0. The molecular formula is C26H29ClF3N3O3. The molecule has 2 aliphatic heterocycles. The fourth-order valence-electron chi connectivity index (χ4n) is 5.09. The first-order valence-corrected chi connectivity index (χ1v) is 11.6. The number of carbonyl (C=O) groups is 1. The van der Waals surface area contributed by atoms with Gasteiger partial charge in [-0.2, -0.15) is 18.4 Å². The average Bonchev–Trinajstić information content (AvgIpc) is 3.32. The van der Waals surface area contributed by atoms with Crippen LogP contribution in [0.3, 0.4) is 0 Å². The van der Waals surface area contributed by atoms with Crippen LogP contribution in [0, 0.1) is 11.3 Å². The van der Waals surface area contributed by atoms with Crippen molar-refractivity contribution in [3.05, 3.63) is 65.2 Å². The van der Waals surface area contributed by atoms with Gasteiger partial charge in [-0.1, -0.05) is 25.1 Å². The molecule has 2 fully saturated rings. The fourth-order valence-corrected chi connectivity index (χ4v) is 5.09. The number of rotatable bonds is 6. The molecule has 2 N–H and O–H groups in total. The number of likely N-dealkylation sites (tertiary alicyclic amines) is 1. The van der Waals surface area contributed by atoms with Crippen LogP contribution >= 0.6 is 12.4 Å². The standard InChI is InChI=1S/C26H28F3N3O3.ClH/c1-17(19-7-5-18(15-30)6-8-19)23-14-25(24(31)33,10-12-34-23)32-11-9-22(16-32)35-21-4-2-3-20(13-21)26(27,28)29;/h2-8,13,17,22-23H,9-12,14,16H2,1H3,(H2,31,33);1H/t17-,22?,23?,25?;/m0./s1. The third-order valence-electron chi connectivity index (χ3n) is 7.18. The van der Waals surface area contributed by atoms with E-state index in [9.17, 15) is 18.0 Å². The molecule has 2 aromatic carbocycles. The van der Waals surface area contributed by atoms with Crippen molar-refractivity contribution < 1.29 is 27.4 Å². The molecule has 0 bridgehead atoms. The molecule has 1 amide bonds. The van der Waals surface area contributed by atoms with Gasteiger partial charge in [-0.05, 0) is 48.7 Å². The Kier molecular flexibility index (Phi) is 8.55. The summed E-state index contributed by atoms with van der Waals surface area (Å²) >= 11 is 0. The molecule has 2 aliphatic rings. The molecule has 4 rings (SSSR count). The van der Waals surface area contributed by atoms with Crippen LogP contribution in [0.25, 0.3) is 0 Å². The Labute approximate surface area is 214 Å². The van der Waals surface area contributed by atoms with Crippen LogP contribution in [-0.2, 0) is 15.7 Å². The Morgan fingerprint density at radius 2 is 2.00 bits per heavy atom. The zero-order valence-corrected chi connectivity index (χ0v) is 20.6. The number of hydrogen-bond acceptors (Lipinski definition) is 5. The summed E-state index contributed by atoms with van der Waals surface area (Å²) in [6.07, 6.45) is -3.64. The second-order valence-corrected chi connectivity index (χ2v) is 9.28. The number of nitrogens with two attached hydrogens (primary N) is 1. The third kappa shape index (κ3) is 5.77. The SMILES string of the molecule is C[C@@H](c1ccc(C#N)cc1)C1CC(C(N)=O)(N2CCC(Oc3cccc(C(F)(F)F)c3)C2)CCO1.Cl. The van der Waals surface area contributed by atoms with E-state index in [-0.39, 0.29) is 36.3 Å². The van der Waals surface area contributed by atoms with Crippen LogP contribution in [0.5, 0.6) is 5.75 Å². The van der Waals surface area contributed by atoms with E-state index in [2.05, 4.69) is 6.07 Å². The summed E-state index contributed by atoms with van der Waals surface area (Å²) in [6, 6.07) is 14.2. The molecular weight excluding hydrogens is 495 g/mol. The van der Waals surface area contributed by atoms with Crippen molar-refractivity contribution >= 4 is 18.3 Å². The lowest BCUT2D eigenvalue weighted by molar-refractivity contribution is -0.142. The molecule has 10 heteroatoms. The second kappa shape index (κ2) is 11.1. The lowest BCUT2D eigenvalue weighted by Gasteiger charge is -2.46. The van der Waals surface area contributed by atoms with Gasteiger partial charge >= 0.3 is 6.18 Å². The molecule has 2 aromatic rings. The highest BCUT2D eigenvalue weighted by Crippen LogP contribution is 2.39. The molecule has 194 valence electrons. The van der Waals surface area contributed by atoms with E-state index in [0.717, 1.165) is 17.7 Å². The molecule has 0 saturated carbocycles. The number of carbonyl (C=O) groups excluding carboxylic acids is 1. The molecule has 0 aromatic heterocycles. The lowest BCUT2D eigenvalue weighted by Crippen LogP contribution is -2.61. The number of benzene rings is 2. The number of nitriles is 1. The summed E-state index contributed by atoms with van der Waals surface area (Å²) in [5, 5.41) is 9.04. The van der Waals surface area contributed by atoms with Gasteiger partial charge in [0.25, 0.3) is 0 Å². The predicted octanol–water partition coefficient (Wildman–Crippen LogP) is 4.66. The largest absolute Gasteiger partial charge is 0.489 e. The Balaban J connectivity index is 0.00000361. The van der Waals surface area contributed by atoms with Gasteiger partial charge < -0.3 is 15.2 Å². The minimum Gasteiger partial charge on any atom is -0.489 e. The zero-order valence-electron chi connectivity index (χ0n) is 19.8. The minimum absolute atomic E-state index is 0. The number of nitrogens with zero attached hydrogens (tertiary/aromatic N) is 2. The summed E-state index contributed by atoms with van der Waals surface area (Å²) in [7, 11) is 0. The summed E-state index contributed by atoms with van der Waals surface area (Å²) in [4.78, 5) is 14.8. The Hall–Kier alpha value is -2.80. The summed E-state index contributed by atoms with van der Waals surface area (Å²) in [5.41, 5.74) is 5.84. The molecule has 0 radical (unpaired) electrons. The predicted molar refractivity (Wildman–Crippen MR) is 130 cm³/mol. The van der Waals surface area contributed by atoms with Crippen molar-refractivity contribution in [2.24, 2.45) is 5.73 Å². The van der Waals surface area contributed by atoms with Crippen LogP contribution in [0.15, 0.2) is 48.5 Å². The van der Waals surface area contributed by atoms with Gasteiger partial charge in [-0.3, -0.25) is 9.69 Å². The van der Waals surface area contributed by atoms with Crippen LogP contribution in [0.4, 0.5) is 13.2 Å². The van der Waals surface area contributed by atoms with Gasteiger partial charge in [0, 0.05) is 32.0 Å². The van der Waals surface area contributed by atoms with Crippen molar-refractivity contribution in [3.63, 3.8) is 0 Å². The molecule has 0 spiro atoms. The Morgan fingerprint density at radius 3 is 2.64 bits per heavy atom. The normalized spacial score (nSPS) is 25.4. The average molecular weight is 524 g/mol. The fraction of sp³-hybridized carbons (Fsp3) is 0.462. The lowest BCUT2D eigenvalue weighted by atomic mass is 9.79. The van der Waals surface area contributed by atoms with E-state index in [4.69, 9.17) is 20.5 Å². The van der Waals surface area contributed by atoms with Crippen molar-refractivity contribution in [1.29, 1.82) is 5.26 Å². The minimum atomic E-state index is -4.44. The second-order valence-electron chi connectivity index (χ2n) is 9.28. The summed E-state index contributed by atoms with van der Waals surface area (Å²) < 4.78 is 51.1. The monoisotopic (exact) mass is 523 g/mol. The first-order chi connectivity index (χ1) is 16.6. The van der Waals surface area contributed by atoms with E-state index in [1.165, 1.54) is 12.1 Å². The molecule has 4 atom stereocenters. The Morgan fingerprint density at radius 1 is 1.28 bits per heavy atom. The van der Waals surface area contributed by atoms with Crippen molar-refractivity contribution in [1.82, 2.24) is 4.90 Å². The van der Waals surface area contributed by atoms with Crippen LogP contribution in [-0.4, -0.2) is 48.3 Å². The van der Waals surface area contributed by atoms with Gasteiger partial charge in [0.1, 0.15) is 17.4 Å². The maximum atomic E-state index is 13.0. The smallest absolute Gasteiger partial charge is 0.416 e. The molecule has 3 unspecified atom stereocenters. The first kappa shape index (κ1) is 27.8. The topological polar surface area (TPSA) is 88.6 Å². The highest BCUT2D eigenvalue weighted by Gasteiger charge is 2.50. The van der Waals surface area contributed by atoms with Gasteiger partial charge in [0.15, 0.2) is 0 Å². The number of primary amides is 1. The van der Waals surface area contributed by atoms with E-state index in [1.807, 2.05) is 24.0 Å². The highest BCUT2D eigenvalue weighted by molar-refractivity contribution is 5.85. The Bertz CT molecular complexity index is 1110. The van der Waals surface area contributed by atoms with E-state index in [1.54, 1.807) is 12.1 Å². The van der Waals surface area contributed by atoms with Gasteiger partial charge in [-0.25, -0.2) is 0 Å². The van der Waals surface area contributed by atoms with E-state index in [0.29, 0.717) is 44.5 Å². The quantitative estimate of drug-likeness (QED) is 0.595. The number of amides is 1. The van der Waals surface area contributed by atoms with E-state index < -0.39 is 23.2 Å². The third-order valence-corrected chi connectivity index (χ3v) is 7.18. The molecule has 6 nitrogen and oxygen atoms in total. The summed E-state index contributed by atoms with van der Waals surface area (Å²) in [5.74, 6) is -0.307. The van der Waals surface area contributed by atoms with Crippen molar-refractivity contribution in [2.75, 3.05) is 19.7 Å². The van der Waals surface area contributed by atoms with Crippen LogP contribution < -0.4 is 10.5 Å². The molecule has 36 heavy (non-hydrogen) atoms. The molecule has 0 aliphatic carbocycles. The molecule has 2 saturated heterocycles. The highest BCUT2D eigenvalue weighted by atomic mass is 35.5. The number of halogens is 4.